The van der Waals surface area contributed by atoms with E-state index in [1.807, 2.05) is 0 Å². The van der Waals surface area contributed by atoms with Gasteiger partial charge >= 0.3 is 6.18 Å². The Morgan fingerprint density at radius 1 is 1.40 bits per heavy atom. The summed E-state index contributed by atoms with van der Waals surface area (Å²) in [5.41, 5.74) is -1.57. The molecular formula is C15H15ClF3N3O3. The maximum Gasteiger partial charge on any atom is 0.417 e. The molecule has 0 aliphatic rings. The molecule has 0 atom stereocenters. The lowest BCUT2D eigenvalue weighted by atomic mass is 10.2. The Kier molecular flexibility index (Phi) is 7.70. The Balaban J connectivity index is 2.84. The standard InChI is InChI=1S/C15H15ClF3N3O3/c1-24-13(25-2)8-21-7-9(6-20)14(23)22-10-3-4-12(16)11(5-10)15(17,18)19/h3-5,7,13,21H,8H2,1-2H3,(H,22,23)/b9-7-. The molecule has 0 saturated heterocycles. The molecule has 1 aromatic carbocycles. The number of nitrogens with zero attached hydrogens (tertiary/aromatic N) is 1. The monoisotopic (exact) mass is 377 g/mol. The first-order valence-electron chi connectivity index (χ1n) is 6.80. The molecule has 0 bridgehead atoms. The SMILES string of the molecule is COC(CN/C=C(/C#N)C(=O)Nc1ccc(Cl)c(C(F)(F)F)c1)OC. The third kappa shape index (κ3) is 6.26. The molecule has 25 heavy (non-hydrogen) atoms. The number of nitriles is 1. The van der Waals surface area contributed by atoms with Crippen LogP contribution in [0.2, 0.25) is 5.02 Å². The van der Waals surface area contributed by atoms with Gasteiger partial charge in [-0.1, -0.05) is 11.6 Å². The van der Waals surface area contributed by atoms with E-state index in [0.717, 1.165) is 12.3 Å². The number of rotatable bonds is 7. The van der Waals surface area contributed by atoms with Crippen molar-refractivity contribution in [2.75, 3.05) is 26.1 Å². The fourth-order valence-corrected chi connectivity index (χ4v) is 1.91. The van der Waals surface area contributed by atoms with E-state index in [4.69, 9.17) is 26.3 Å². The zero-order chi connectivity index (χ0) is 19.0. The molecule has 1 aromatic rings. The maximum absolute atomic E-state index is 12.8. The Hall–Kier alpha value is -2.28. The normalized spacial score (nSPS) is 12.0. The van der Waals surface area contributed by atoms with Crippen LogP contribution >= 0.6 is 11.6 Å². The van der Waals surface area contributed by atoms with Gasteiger partial charge in [0.05, 0.1) is 17.1 Å². The number of hydrogen-bond acceptors (Lipinski definition) is 5. The number of carbonyl (C=O) groups is 1. The molecule has 6 nitrogen and oxygen atoms in total. The summed E-state index contributed by atoms with van der Waals surface area (Å²) < 4.78 is 48.2. The van der Waals surface area contributed by atoms with Crippen LogP contribution in [0.4, 0.5) is 18.9 Å². The molecule has 0 unspecified atom stereocenters. The molecule has 0 spiro atoms. The van der Waals surface area contributed by atoms with E-state index in [1.165, 1.54) is 20.3 Å². The van der Waals surface area contributed by atoms with Gasteiger partial charge in [0.25, 0.3) is 5.91 Å². The lowest BCUT2D eigenvalue weighted by molar-refractivity contribution is -0.137. The van der Waals surface area contributed by atoms with Gasteiger partial charge in [0, 0.05) is 26.1 Å². The average Bonchev–Trinajstić information content (AvgIpc) is 2.55. The minimum atomic E-state index is -4.66. The third-order valence-corrected chi connectivity index (χ3v) is 3.28. The fraction of sp³-hybridized carbons (Fsp3) is 0.333. The van der Waals surface area contributed by atoms with E-state index in [1.54, 1.807) is 6.07 Å². The minimum Gasteiger partial charge on any atom is -0.385 e. The quantitative estimate of drug-likeness (QED) is 0.433. The van der Waals surface area contributed by atoms with Crippen LogP contribution in [0.5, 0.6) is 0 Å². The molecular weight excluding hydrogens is 363 g/mol. The van der Waals surface area contributed by atoms with Crippen molar-refractivity contribution in [2.45, 2.75) is 12.5 Å². The van der Waals surface area contributed by atoms with Crippen LogP contribution in [0.15, 0.2) is 30.0 Å². The van der Waals surface area contributed by atoms with Crippen molar-refractivity contribution < 1.29 is 27.4 Å². The Morgan fingerprint density at radius 3 is 2.56 bits per heavy atom. The van der Waals surface area contributed by atoms with Gasteiger partial charge in [0.1, 0.15) is 11.6 Å². The summed E-state index contributed by atoms with van der Waals surface area (Å²) >= 11 is 5.50. The Labute approximate surface area is 147 Å². The van der Waals surface area contributed by atoms with Gasteiger partial charge in [-0.25, -0.2) is 0 Å². The largest absolute Gasteiger partial charge is 0.417 e. The first-order chi connectivity index (χ1) is 11.7. The zero-order valence-corrected chi connectivity index (χ0v) is 14.0. The van der Waals surface area contributed by atoms with Gasteiger partial charge < -0.3 is 20.1 Å². The number of methoxy groups -OCH3 is 2. The predicted molar refractivity (Wildman–Crippen MR) is 84.6 cm³/mol. The van der Waals surface area contributed by atoms with E-state index in [9.17, 15) is 18.0 Å². The minimum absolute atomic E-state index is 0.144. The maximum atomic E-state index is 12.8. The second kappa shape index (κ2) is 9.27. The predicted octanol–water partition coefficient (Wildman–Crippen LogP) is 2.91. The van der Waals surface area contributed by atoms with E-state index in [0.29, 0.717) is 6.07 Å². The molecule has 1 amide bonds. The van der Waals surface area contributed by atoms with Gasteiger partial charge in [0.15, 0.2) is 6.29 Å². The van der Waals surface area contributed by atoms with E-state index < -0.39 is 29.0 Å². The first-order valence-corrected chi connectivity index (χ1v) is 7.18. The topological polar surface area (TPSA) is 83.4 Å². The summed E-state index contributed by atoms with van der Waals surface area (Å²) in [6, 6.07) is 4.54. The number of halogens is 4. The van der Waals surface area contributed by atoms with Crippen LogP contribution in [-0.2, 0) is 20.4 Å². The highest BCUT2D eigenvalue weighted by Crippen LogP contribution is 2.36. The zero-order valence-electron chi connectivity index (χ0n) is 13.3. The lowest BCUT2D eigenvalue weighted by Gasteiger charge is -2.13. The number of alkyl halides is 3. The first kappa shape index (κ1) is 20.8. The van der Waals surface area contributed by atoms with Crippen LogP contribution < -0.4 is 10.6 Å². The van der Waals surface area contributed by atoms with Crippen molar-refractivity contribution in [3.8, 4) is 6.07 Å². The Morgan fingerprint density at radius 2 is 2.04 bits per heavy atom. The summed E-state index contributed by atoms with van der Waals surface area (Å²) in [5, 5.41) is 13.4. The summed E-state index contributed by atoms with van der Waals surface area (Å²) in [5.74, 6) is -0.878. The second-order valence-corrected chi connectivity index (χ2v) is 5.03. The molecule has 0 saturated carbocycles. The van der Waals surface area contributed by atoms with E-state index in [2.05, 4.69) is 10.6 Å². The van der Waals surface area contributed by atoms with Crippen molar-refractivity contribution in [1.82, 2.24) is 5.32 Å². The highest BCUT2D eigenvalue weighted by molar-refractivity contribution is 6.31. The molecule has 0 aliphatic heterocycles. The highest BCUT2D eigenvalue weighted by atomic mass is 35.5. The molecule has 2 N–H and O–H groups in total. The summed E-state index contributed by atoms with van der Waals surface area (Å²) in [4.78, 5) is 12.0. The van der Waals surface area contributed by atoms with Gasteiger partial charge in [-0.15, -0.1) is 0 Å². The number of hydrogen-bond donors (Lipinski definition) is 2. The van der Waals surface area contributed by atoms with Crippen molar-refractivity contribution >= 4 is 23.2 Å². The van der Waals surface area contributed by atoms with Crippen LogP contribution in [0.1, 0.15) is 5.56 Å². The van der Waals surface area contributed by atoms with E-state index >= 15 is 0 Å². The second-order valence-electron chi connectivity index (χ2n) is 4.63. The number of anilines is 1. The average molecular weight is 378 g/mol. The number of ether oxygens (including phenoxy) is 2. The van der Waals surface area contributed by atoms with E-state index in [-0.39, 0.29) is 17.8 Å². The molecule has 136 valence electrons. The molecule has 0 heterocycles. The molecule has 0 radical (unpaired) electrons. The smallest absolute Gasteiger partial charge is 0.385 e. The van der Waals surface area contributed by atoms with Gasteiger partial charge in [-0.05, 0) is 18.2 Å². The van der Waals surface area contributed by atoms with Crippen molar-refractivity contribution in [3.63, 3.8) is 0 Å². The number of carbonyl (C=O) groups excluding carboxylic acids is 1. The van der Waals surface area contributed by atoms with Crippen LogP contribution in [0, 0.1) is 11.3 Å². The summed E-state index contributed by atoms with van der Waals surface area (Å²) in [6.45, 7) is 0.157. The molecule has 1 rings (SSSR count). The van der Waals surface area contributed by atoms with Gasteiger partial charge in [-0.2, -0.15) is 18.4 Å². The number of benzene rings is 1. The fourth-order valence-electron chi connectivity index (χ4n) is 1.69. The van der Waals surface area contributed by atoms with Crippen molar-refractivity contribution in [2.24, 2.45) is 0 Å². The van der Waals surface area contributed by atoms with Crippen LogP contribution in [-0.4, -0.2) is 33.0 Å². The van der Waals surface area contributed by atoms with Crippen molar-refractivity contribution in [1.29, 1.82) is 5.26 Å². The number of amides is 1. The third-order valence-electron chi connectivity index (χ3n) is 2.95. The molecule has 0 aliphatic carbocycles. The number of nitrogens with one attached hydrogen (secondary N) is 2. The summed E-state index contributed by atoms with van der Waals surface area (Å²) in [7, 11) is 2.83. The summed E-state index contributed by atoms with van der Waals surface area (Å²) in [6.07, 6.45) is -4.14. The van der Waals surface area contributed by atoms with Crippen molar-refractivity contribution in [3.05, 3.63) is 40.6 Å². The van der Waals surface area contributed by atoms with Crippen LogP contribution in [0.25, 0.3) is 0 Å². The lowest BCUT2D eigenvalue weighted by Crippen LogP contribution is -2.27. The molecule has 10 heteroatoms. The Bertz CT molecular complexity index is 683. The highest BCUT2D eigenvalue weighted by Gasteiger charge is 2.33. The van der Waals surface area contributed by atoms with Crippen LogP contribution in [0.3, 0.4) is 0 Å². The van der Waals surface area contributed by atoms with Gasteiger partial charge in [-0.3, -0.25) is 4.79 Å². The molecule has 0 fully saturated rings. The van der Waals surface area contributed by atoms with Gasteiger partial charge in [0.2, 0.25) is 0 Å². The molecule has 0 aromatic heterocycles.